The van der Waals surface area contributed by atoms with Crippen molar-refractivity contribution in [1.29, 1.82) is 0 Å². The molecule has 2 N–H and O–H groups in total. The Labute approximate surface area is 104 Å². The van der Waals surface area contributed by atoms with Gasteiger partial charge < -0.3 is 10.6 Å². The highest BCUT2D eigenvalue weighted by molar-refractivity contribution is 9.10. The predicted molar refractivity (Wildman–Crippen MR) is 70.6 cm³/mol. The van der Waals surface area contributed by atoms with Crippen LogP contribution < -0.4 is 10.6 Å². The summed E-state index contributed by atoms with van der Waals surface area (Å²) in [6.45, 7) is 6.45. The normalized spacial score (nSPS) is 9.88. The molecule has 0 aliphatic heterocycles. The molecule has 0 aliphatic rings. The minimum atomic E-state index is -0.0488. The minimum absolute atomic E-state index is 0.0488. The highest BCUT2D eigenvalue weighted by atomic mass is 79.9. The molecule has 0 atom stereocenters. The van der Waals surface area contributed by atoms with E-state index in [1.165, 1.54) is 0 Å². The van der Waals surface area contributed by atoms with Gasteiger partial charge in [-0.15, -0.1) is 6.58 Å². The Balaban J connectivity index is 2.52. The Morgan fingerprint density at radius 3 is 2.94 bits per heavy atom. The average Bonchev–Trinajstić information content (AvgIpc) is 2.23. The van der Waals surface area contributed by atoms with Gasteiger partial charge in [0.2, 0.25) is 5.91 Å². The second-order valence-electron chi connectivity index (χ2n) is 3.43. The number of hydrogen-bond acceptors (Lipinski definition) is 2. The van der Waals surface area contributed by atoms with Crippen LogP contribution in [0.2, 0.25) is 0 Å². The van der Waals surface area contributed by atoms with Gasteiger partial charge in [-0.05, 0) is 30.7 Å². The third kappa shape index (κ3) is 4.16. The summed E-state index contributed by atoms with van der Waals surface area (Å²) in [5.74, 6) is -0.0488. The summed E-state index contributed by atoms with van der Waals surface area (Å²) in [5.41, 5.74) is 1.88. The van der Waals surface area contributed by atoms with Crippen LogP contribution >= 0.6 is 15.9 Å². The minimum Gasteiger partial charge on any atom is -0.325 e. The van der Waals surface area contributed by atoms with Crippen LogP contribution in [0.4, 0.5) is 5.69 Å². The summed E-state index contributed by atoms with van der Waals surface area (Å²) < 4.78 is 1.01. The molecule has 1 rings (SSSR count). The maximum absolute atomic E-state index is 11.5. The first-order valence-electron chi connectivity index (χ1n) is 5.01. The smallest absolute Gasteiger partial charge is 0.238 e. The van der Waals surface area contributed by atoms with Crippen molar-refractivity contribution in [2.24, 2.45) is 0 Å². The molecule has 0 aliphatic carbocycles. The van der Waals surface area contributed by atoms with Crippen LogP contribution in [0.1, 0.15) is 5.56 Å². The van der Waals surface area contributed by atoms with Gasteiger partial charge in [0.05, 0.1) is 6.54 Å². The molecule has 4 heteroatoms. The Morgan fingerprint density at radius 2 is 2.31 bits per heavy atom. The topological polar surface area (TPSA) is 41.1 Å². The van der Waals surface area contributed by atoms with Crippen molar-refractivity contribution in [3.8, 4) is 0 Å². The zero-order valence-electron chi connectivity index (χ0n) is 9.22. The van der Waals surface area contributed by atoms with Gasteiger partial charge in [0, 0.05) is 16.7 Å². The van der Waals surface area contributed by atoms with E-state index in [9.17, 15) is 4.79 Å². The van der Waals surface area contributed by atoms with Gasteiger partial charge in [0.25, 0.3) is 0 Å². The van der Waals surface area contributed by atoms with E-state index in [4.69, 9.17) is 0 Å². The van der Waals surface area contributed by atoms with Gasteiger partial charge in [-0.1, -0.05) is 22.0 Å². The van der Waals surface area contributed by atoms with E-state index >= 15 is 0 Å². The molecule has 1 amide bonds. The van der Waals surface area contributed by atoms with Crippen LogP contribution in [-0.2, 0) is 4.79 Å². The van der Waals surface area contributed by atoms with Gasteiger partial charge in [-0.25, -0.2) is 0 Å². The first-order valence-corrected chi connectivity index (χ1v) is 5.80. The van der Waals surface area contributed by atoms with Crippen LogP contribution in [-0.4, -0.2) is 19.0 Å². The quantitative estimate of drug-likeness (QED) is 0.644. The van der Waals surface area contributed by atoms with Crippen LogP contribution in [0.3, 0.4) is 0 Å². The van der Waals surface area contributed by atoms with E-state index < -0.39 is 0 Å². The molecule has 0 bridgehead atoms. The number of hydrogen-bond donors (Lipinski definition) is 2. The summed E-state index contributed by atoms with van der Waals surface area (Å²) >= 11 is 3.38. The first kappa shape index (κ1) is 12.9. The molecule has 1 aromatic rings. The maximum atomic E-state index is 11.5. The molecule has 3 nitrogen and oxygen atoms in total. The molecule has 0 unspecified atom stereocenters. The number of carbonyl (C=O) groups is 1. The monoisotopic (exact) mass is 282 g/mol. The van der Waals surface area contributed by atoms with Crippen molar-refractivity contribution < 1.29 is 4.79 Å². The Bertz CT molecular complexity index is 391. The molecule has 16 heavy (non-hydrogen) atoms. The number of anilines is 1. The van der Waals surface area contributed by atoms with Gasteiger partial charge in [0.1, 0.15) is 0 Å². The Morgan fingerprint density at radius 1 is 1.56 bits per heavy atom. The number of nitrogens with one attached hydrogen (secondary N) is 2. The van der Waals surface area contributed by atoms with Crippen molar-refractivity contribution >= 4 is 27.5 Å². The fraction of sp³-hybridized carbons (Fsp3) is 0.250. The third-order valence-corrected chi connectivity index (χ3v) is 2.53. The van der Waals surface area contributed by atoms with E-state index in [-0.39, 0.29) is 5.91 Å². The number of rotatable bonds is 5. The van der Waals surface area contributed by atoms with E-state index in [0.717, 1.165) is 15.7 Å². The summed E-state index contributed by atoms with van der Waals surface area (Å²) in [6.07, 6.45) is 1.72. The standard InChI is InChI=1S/C12H15BrN2O/c1-3-6-14-8-12(16)15-11-5-4-10(13)7-9(11)2/h3-5,7,14H,1,6,8H2,2H3,(H,15,16). The summed E-state index contributed by atoms with van der Waals surface area (Å²) in [4.78, 5) is 11.5. The molecule has 0 aromatic heterocycles. The zero-order chi connectivity index (χ0) is 12.0. The molecule has 0 saturated carbocycles. The molecule has 0 spiro atoms. The van der Waals surface area contributed by atoms with Crippen molar-refractivity contribution in [1.82, 2.24) is 5.32 Å². The summed E-state index contributed by atoms with van der Waals surface area (Å²) in [5, 5.41) is 5.79. The molecule has 0 fully saturated rings. The van der Waals surface area contributed by atoms with Gasteiger partial charge in [-0.3, -0.25) is 4.79 Å². The molecule has 1 aromatic carbocycles. The summed E-state index contributed by atoms with van der Waals surface area (Å²) in [7, 11) is 0. The fourth-order valence-electron chi connectivity index (χ4n) is 1.25. The van der Waals surface area contributed by atoms with Crippen molar-refractivity contribution in [2.75, 3.05) is 18.4 Å². The first-order chi connectivity index (χ1) is 7.63. The number of aryl methyl sites for hydroxylation is 1. The molecule has 0 radical (unpaired) electrons. The highest BCUT2D eigenvalue weighted by Crippen LogP contribution is 2.19. The largest absolute Gasteiger partial charge is 0.325 e. The van der Waals surface area contributed by atoms with Crippen LogP contribution in [0.25, 0.3) is 0 Å². The van der Waals surface area contributed by atoms with E-state index in [1.807, 2.05) is 25.1 Å². The van der Waals surface area contributed by atoms with Crippen LogP contribution in [0.5, 0.6) is 0 Å². The molecular formula is C12H15BrN2O. The molecule has 0 saturated heterocycles. The number of carbonyl (C=O) groups excluding carboxylic acids is 1. The predicted octanol–water partition coefficient (Wildman–Crippen LogP) is 2.47. The van der Waals surface area contributed by atoms with Crippen molar-refractivity contribution in [2.45, 2.75) is 6.92 Å². The van der Waals surface area contributed by atoms with Gasteiger partial charge >= 0.3 is 0 Å². The highest BCUT2D eigenvalue weighted by Gasteiger charge is 2.03. The molecule has 86 valence electrons. The lowest BCUT2D eigenvalue weighted by molar-refractivity contribution is -0.115. The van der Waals surface area contributed by atoms with Crippen LogP contribution in [0, 0.1) is 6.92 Å². The molecular weight excluding hydrogens is 268 g/mol. The molecule has 0 heterocycles. The van der Waals surface area contributed by atoms with Crippen molar-refractivity contribution in [3.63, 3.8) is 0 Å². The number of halogens is 1. The van der Waals surface area contributed by atoms with Crippen LogP contribution in [0.15, 0.2) is 35.3 Å². The number of benzene rings is 1. The average molecular weight is 283 g/mol. The fourth-order valence-corrected chi connectivity index (χ4v) is 1.73. The number of amides is 1. The SMILES string of the molecule is C=CCNCC(=O)Nc1ccc(Br)cc1C. The Hall–Kier alpha value is -1.13. The van der Waals surface area contributed by atoms with Gasteiger partial charge in [0.15, 0.2) is 0 Å². The second-order valence-corrected chi connectivity index (χ2v) is 4.34. The maximum Gasteiger partial charge on any atom is 0.238 e. The summed E-state index contributed by atoms with van der Waals surface area (Å²) in [6, 6.07) is 5.75. The van der Waals surface area contributed by atoms with E-state index in [0.29, 0.717) is 13.1 Å². The third-order valence-electron chi connectivity index (χ3n) is 2.04. The zero-order valence-corrected chi connectivity index (χ0v) is 10.8. The second kappa shape index (κ2) is 6.45. The lowest BCUT2D eigenvalue weighted by atomic mass is 10.2. The lowest BCUT2D eigenvalue weighted by Crippen LogP contribution is -2.28. The van der Waals surface area contributed by atoms with Gasteiger partial charge in [-0.2, -0.15) is 0 Å². The lowest BCUT2D eigenvalue weighted by Gasteiger charge is -2.08. The van der Waals surface area contributed by atoms with Crippen molar-refractivity contribution in [3.05, 3.63) is 40.9 Å². The van der Waals surface area contributed by atoms with E-state index in [2.05, 4.69) is 33.1 Å². The van der Waals surface area contributed by atoms with E-state index in [1.54, 1.807) is 6.08 Å². The Kier molecular flexibility index (Phi) is 5.22.